The molecule has 2 atom stereocenters. The molecule has 0 N–H and O–H groups in total. The topological polar surface area (TPSA) is 50.1 Å². The van der Waals surface area contributed by atoms with Crippen molar-refractivity contribution in [2.75, 3.05) is 7.11 Å². The summed E-state index contributed by atoms with van der Waals surface area (Å²) in [6, 6.07) is 2.30. The number of nitrogens with zero attached hydrogens (tertiary/aromatic N) is 1. The van der Waals surface area contributed by atoms with E-state index in [0.29, 0.717) is 11.8 Å². The molecule has 1 aliphatic carbocycles. The summed E-state index contributed by atoms with van der Waals surface area (Å²) in [7, 11) is 1.37. The zero-order valence-electron chi connectivity index (χ0n) is 9.04. The van der Waals surface area contributed by atoms with Crippen LogP contribution in [0.5, 0.6) is 0 Å². The second-order valence-electron chi connectivity index (χ2n) is 4.51. The van der Waals surface area contributed by atoms with Gasteiger partial charge >= 0.3 is 5.97 Å². The van der Waals surface area contributed by atoms with Crippen molar-refractivity contribution < 1.29 is 9.53 Å². The number of carbonyl (C=O) groups excluding carboxylic acids is 1. The van der Waals surface area contributed by atoms with Gasteiger partial charge in [0.1, 0.15) is 0 Å². The lowest BCUT2D eigenvalue weighted by Crippen LogP contribution is -2.20. The molecule has 0 saturated heterocycles. The molecule has 0 aromatic carbocycles. The maximum Gasteiger partial charge on any atom is 0.307 e. The van der Waals surface area contributed by atoms with E-state index in [1.165, 1.54) is 7.11 Å². The molecule has 0 aromatic rings. The molecule has 0 spiro atoms. The minimum atomic E-state index is -0.466. The second-order valence-corrected chi connectivity index (χ2v) is 4.51. The summed E-state index contributed by atoms with van der Waals surface area (Å²) in [6.45, 7) is 4.28. The fourth-order valence-corrected chi connectivity index (χ4v) is 2.34. The number of esters is 1. The van der Waals surface area contributed by atoms with Crippen molar-refractivity contribution in [3.05, 3.63) is 0 Å². The smallest absolute Gasteiger partial charge is 0.307 e. The van der Waals surface area contributed by atoms with E-state index in [1.54, 1.807) is 0 Å². The summed E-state index contributed by atoms with van der Waals surface area (Å²) >= 11 is 0. The molecule has 2 unspecified atom stereocenters. The van der Waals surface area contributed by atoms with Gasteiger partial charge in [-0.05, 0) is 24.7 Å². The summed E-state index contributed by atoms with van der Waals surface area (Å²) in [4.78, 5) is 11.2. The highest BCUT2D eigenvalue weighted by Gasteiger charge is 2.43. The highest BCUT2D eigenvalue weighted by Crippen LogP contribution is 2.47. The van der Waals surface area contributed by atoms with Crippen molar-refractivity contribution in [2.24, 2.45) is 17.3 Å². The number of hydrogen-bond acceptors (Lipinski definition) is 3. The van der Waals surface area contributed by atoms with Gasteiger partial charge in [-0.1, -0.05) is 13.8 Å². The number of nitriles is 1. The van der Waals surface area contributed by atoms with E-state index in [-0.39, 0.29) is 12.4 Å². The fourth-order valence-electron chi connectivity index (χ4n) is 2.34. The van der Waals surface area contributed by atoms with Crippen LogP contribution in [0.2, 0.25) is 0 Å². The first kappa shape index (κ1) is 11.0. The Morgan fingerprint density at radius 1 is 1.50 bits per heavy atom. The molecule has 1 aliphatic rings. The van der Waals surface area contributed by atoms with Gasteiger partial charge in [0.05, 0.1) is 25.0 Å². The number of hydrogen-bond donors (Lipinski definition) is 0. The van der Waals surface area contributed by atoms with E-state index in [9.17, 15) is 4.79 Å². The Bertz CT molecular complexity index is 257. The predicted octanol–water partition coefficient (Wildman–Crippen LogP) is 2.13. The van der Waals surface area contributed by atoms with Gasteiger partial charge in [0, 0.05) is 0 Å². The van der Waals surface area contributed by atoms with E-state index >= 15 is 0 Å². The first-order chi connectivity index (χ1) is 6.53. The largest absolute Gasteiger partial charge is 0.469 e. The highest BCUT2D eigenvalue weighted by molar-refractivity contribution is 5.70. The molecule has 0 bridgehead atoms. The van der Waals surface area contributed by atoms with Crippen molar-refractivity contribution >= 4 is 5.97 Å². The van der Waals surface area contributed by atoms with Crippen molar-refractivity contribution in [1.82, 2.24) is 0 Å². The fraction of sp³-hybridized carbons (Fsp3) is 0.818. The molecule has 3 heteroatoms. The number of methoxy groups -OCH3 is 1. The summed E-state index contributed by atoms with van der Waals surface area (Å²) in [5, 5.41) is 9.14. The van der Waals surface area contributed by atoms with Crippen LogP contribution in [0.25, 0.3) is 0 Å². The van der Waals surface area contributed by atoms with Crippen LogP contribution in [-0.2, 0) is 9.53 Å². The second kappa shape index (κ2) is 4.00. The minimum Gasteiger partial charge on any atom is -0.469 e. The van der Waals surface area contributed by atoms with Gasteiger partial charge in [-0.3, -0.25) is 4.79 Å². The van der Waals surface area contributed by atoms with Crippen LogP contribution in [0, 0.1) is 28.6 Å². The average molecular weight is 195 g/mol. The molecule has 14 heavy (non-hydrogen) atoms. The molecular weight excluding hydrogens is 178 g/mol. The van der Waals surface area contributed by atoms with Crippen LogP contribution in [0.15, 0.2) is 0 Å². The summed E-state index contributed by atoms with van der Waals surface area (Å²) < 4.78 is 4.62. The average Bonchev–Trinajstić information content (AvgIpc) is 2.43. The first-order valence-electron chi connectivity index (χ1n) is 5.01. The quantitative estimate of drug-likeness (QED) is 0.634. The number of carbonyl (C=O) groups is 1. The SMILES string of the molecule is COC(=O)CC1(C#N)CC(C)C(C)C1. The van der Waals surface area contributed by atoms with Crippen molar-refractivity contribution in [3.63, 3.8) is 0 Å². The summed E-state index contributed by atoms with van der Waals surface area (Å²) in [5.41, 5.74) is -0.466. The van der Waals surface area contributed by atoms with Crippen molar-refractivity contribution in [2.45, 2.75) is 33.1 Å². The molecule has 1 saturated carbocycles. The van der Waals surface area contributed by atoms with Crippen LogP contribution in [-0.4, -0.2) is 13.1 Å². The number of rotatable bonds is 2. The Morgan fingerprint density at radius 3 is 2.36 bits per heavy atom. The Labute approximate surface area is 85.1 Å². The van der Waals surface area contributed by atoms with Crippen molar-refractivity contribution in [3.8, 4) is 6.07 Å². The Balaban J connectivity index is 2.71. The van der Waals surface area contributed by atoms with Gasteiger partial charge in [-0.15, -0.1) is 0 Å². The minimum absolute atomic E-state index is 0.245. The molecule has 0 heterocycles. The molecule has 3 nitrogen and oxygen atoms in total. The van der Waals surface area contributed by atoms with Gasteiger partial charge in [0.25, 0.3) is 0 Å². The lowest BCUT2D eigenvalue weighted by atomic mass is 9.83. The third kappa shape index (κ3) is 2.06. The van der Waals surface area contributed by atoms with Crippen LogP contribution in [0.1, 0.15) is 33.1 Å². The third-order valence-corrected chi connectivity index (χ3v) is 3.34. The molecule has 0 aromatic heterocycles. The molecule has 78 valence electrons. The highest BCUT2D eigenvalue weighted by atomic mass is 16.5. The van der Waals surface area contributed by atoms with Crippen LogP contribution in [0.3, 0.4) is 0 Å². The molecular formula is C11H17NO2. The van der Waals surface area contributed by atoms with Crippen LogP contribution < -0.4 is 0 Å². The lowest BCUT2D eigenvalue weighted by Gasteiger charge is -2.18. The van der Waals surface area contributed by atoms with E-state index in [1.807, 2.05) is 0 Å². The molecule has 0 aliphatic heterocycles. The molecule has 1 rings (SSSR count). The van der Waals surface area contributed by atoms with Gasteiger partial charge < -0.3 is 4.74 Å². The predicted molar refractivity (Wildman–Crippen MR) is 52.2 cm³/mol. The third-order valence-electron chi connectivity index (χ3n) is 3.34. The van der Waals surface area contributed by atoms with Gasteiger partial charge in [-0.2, -0.15) is 5.26 Å². The first-order valence-corrected chi connectivity index (χ1v) is 5.01. The van der Waals surface area contributed by atoms with E-state index < -0.39 is 5.41 Å². The summed E-state index contributed by atoms with van der Waals surface area (Å²) in [5.74, 6) is 0.784. The molecule has 1 fully saturated rings. The zero-order valence-corrected chi connectivity index (χ0v) is 9.04. The van der Waals surface area contributed by atoms with E-state index in [2.05, 4.69) is 24.7 Å². The normalized spacial score (nSPS) is 36.4. The van der Waals surface area contributed by atoms with Gasteiger partial charge in [-0.25, -0.2) is 0 Å². The van der Waals surface area contributed by atoms with Crippen LogP contribution >= 0.6 is 0 Å². The van der Waals surface area contributed by atoms with Crippen molar-refractivity contribution in [1.29, 1.82) is 5.26 Å². The van der Waals surface area contributed by atoms with Crippen LogP contribution in [0.4, 0.5) is 0 Å². The van der Waals surface area contributed by atoms with Gasteiger partial charge in [0.15, 0.2) is 0 Å². The monoisotopic (exact) mass is 195 g/mol. The number of ether oxygens (including phenoxy) is 1. The lowest BCUT2D eigenvalue weighted by molar-refractivity contribution is -0.142. The summed E-state index contributed by atoms with van der Waals surface area (Å²) in [6.07, 6.45) is 1.88. The van der Waals surface area contributed by atoms with Gasteiger partial charge in [0.2, 0.25) is 0 Å². The van der Waals surface area contributed by atoms with E-state index in [4.69, 9.17) is 5.26 Å². The standard InChI is InChI=1S/C11H17NO2/c1-8-4-11(7-12,5-9(8)2)6-10(13)14-3/h8-9H,4-6H2,1-3H3. The zero-order chi connectivity index (χ0) is 10.8. The molecule has 0 radical (unpaired) electrons. The Morgan fingerprint density at radius 2 is 2.00 bits per heavy atom. The molecule has 0 amide bonds. The van der Waals surface area contributed by atoms with E-state index in [0.717, 1.165) is 12.8 Å². The maximum atomic E-state index is 11.2. The Hall–Kier alpha value is -1.04. The Kier molecular flexibility index (Phi) is 3.15. The maximum absolute atomic E-state index is 11.2.